The number of morpholine rings is 1. The number of rotatable bonds is 7. The standard InChI is InChI=1S/C23H26N2O4/c1-17-16-29-14-13-25(17)23(28)19-9-5-10-20(15-19)24-22(27)12-6-11-21(26)18-7-3-2-4-8-18/h2-5,7-10,15,17H,6,11-14,16H2,1H3,(H,24,27). The van der Waals surface area contributed by atoms with Gasteiger partial charge in [-0.15, -0.1) is 0 Å². The van der Waals surface area contributed by atoms with Gasteiger partial charge in [0, 0.05) is 36.2 Å². The molecule has 1 heterocycles. The van der Waals surface area contributed by atoms with Crippen molar-refractivity contribution >= 4 is 23.3 Å². The van der Waals surface area contributed by atoms with Crippen LogP contribution < -0.4 is 5.32 Å². The van der Waals surface area contributed by atoms with Crippen molar-refractivity contribution in [1.82, 2.24) is 4.90 Å². The van der Waals surface area contributed by atoms with E-state index in [4.69, 9.17) is 4.74 Å². The van der Waals surface area contributed by atoms with Crippen LogP contribution in [0.25, 0.3) is 0 Å². The van der Waals surface area contributed by atoms with Crippen LogP contribution in [-0.2, 0) is 9.53 Å². The van der Waals surface area contributed by atoms with Gasteiger partial charge in [0.25, 0.3) is 5.91 Å². The number of benzene rings is 2. The Kier molecular flexibility index (Phi) is 7.14. The van der Waals surface area contributed by atoms with Gasteiger partial charge in [0.2, 0.25) is 5.91 Å². The smallest absolute Gasteiger partial charge is 0.254 e. The molecule has 1 unspecified atom stereocenters. The van der Waals surface area contributed by atoms with E-state index >= 15 is 0 Å². The Morgan fingerprint density at radius 1 is 1.03 bits per heavy atom. The first-order valence-corrected chi connectivity index (χ1v) is 9.91. The largest absolute Gasteiger partial charge is 0.377 e. The number of hydrogen-bond donors (Lipinski definition) is 1. The average Bonchev–Trinajstić information content (AvgIpc) is 2.74. The van der Waals surface area contributed by atoms with E-state index in [9.17, 15) is 14.4 Å². The molecule has 3 rings (SSSR count). The number of ketones is 1. The van der Waals surface area contributed by atoms with E-state index < -0.39 is 0 Å². The van der Waals surface area contributed by atoms with Gasteiger partial charge in [0.15, 0.2) is 5.78 Å². The van der Waals surface area contributed by atoms with Gasteiger partial charge >= 0.3 is 0 Å². The number of carbonyl (C=O) groups excluding carboxylic acids is 3. The summed E-state index contributed by atoms with van der Waals surface area (Å²) < 4.78 is 5.38. The number of nitrogens with one attached hydrogen (secondary N) is 1. The molecule has 1 N–H and O–H groups in total. The van der Waals surface area contributed by atoms with E-state index in [-0.39, 0.29) is 30.1 Å². The maximum atomic E-state index is 12.8. The third kappa shape index (κ3) is 5.74. The van der Waals surface area contributed by atoms with Gasteiger partial charge < -0.3 is 15.0 Å². The second-order valence-corrected chi connectivity index (χ2v) is 7.19. The highest BCUT2D eigenvalue weighted by molar-refractivity contribution is 5.98. The highest BCUT2D eigenvalue weighted by atomic mass is 16.5. The van der Waals surface area contributed by atoms with Crippen molar-refractivity contribution in [2.45, 2.75) is 32.2 Å². The van der Waals surface area contributed by atoms with E-state index in [2.05, 4.69) is 5.32 Å². The zero-order valence-electron chi connectivity index (χ0n) is 16.6. The van der Waals surface area contributed by atoms with Crippen molar-refractivity contribution in [2.24, 2.45) is 0 Å². The van der Waals surface area contributed by atoms with E-state index in [0.29, 0.717) is 49.4 Å². The summed E-state index contributed by atoms with van der Waals surface area (Å²) in [5, 5.41) is 2.82. The van der Waals surface area contributed by atoms with Crippen LogP contribution in [-0.4, -0.2) is 48.3 Å². The van der Waals surface area contributed by atoms with Crippen molar-refractivity contribution in [3.63, 3.8) is 0 Å². The number of carbonyl (C=O) groups is 3. The first-order chi connectivity index (χ1) is 14.0. The monoisotopic (exact) mass is 394 g/mol. The molecule has 0 bridgehead atoms. The first-order valence-electron chi connectivity index (χ1n) is 9.91. The highest BCUT2D eigenvalue weighted by Crippen LogP contribution is 2.17. The van der Waals surface area contributed by atoms with Gasteiger partial charge in [0.05, 0.1) is 19.3 Å². The average molecular weight is 394 g/mol. The van der Waals surface area contributed by atoms with Crippen LogP contribution in [0.4, 0.5) is 5.69 Å². The summed E-state index contributed by atoms with van der Waals surface area (Å²) in [4.78, 5) is 38.9. The molecule has 2 amide bonds. The number of Topliss-reactive ketones (excluding diaryl/α,β-unsaturated/α-hetero) is 1. The predicted molar refractivity (Wildman–Crippen MR) is 111 cm³/mol. The number of ether oxygens (including phenoxy) is 1. The second-order valence-electron chi connectivity index (χ2n) is 7.19. The third-order valence-electron chi connectivity index (χ3n) is 4.93. The topological polar surface area (TPSA) is 75.7 Å². The molecule has 1 atom stereocenters. The summed E-state index contributed by atoms with van der Waals surface area (Å²) in [6.07, 6.45) is 1.05. The van der Waals surface area contributed by atoms with Crippen molar-refractivity contribution in [2.75, 3.05) is 25.1 Å². The van der Waals surface area contributed by atoms with Crippen LogP contribution in [0.5, 0.6) is 0 Å². The fourth-order valence-corrected chi connectivity index (χ4v) is 3.33. The van der Waals surface area contributed by atoms with E-state index in [0.717, 1.165) is 0 Å². The lowest BCUT2D eigenvalue weighted by Gasteiger charge is -2.33. The molecule has 0 spiro atoms. The molecule has 2 aromatic carbocycles. The molecule has 1 aliphatic heterocycles. The van der Waals surface area contributed by atoms with Crippen LogP contribution in [0.3, 0.4) is 0 Å². The number of hydrogen-bond acceptors (Lipinski definition) is 4. The molecule has 1 fully saturated rings. The molecule has 1 aliphatic rings. The van der Waals surface area contributed by atoms with Gasteiger partial charge in [-0.05, 0) is 31.5 Å². The van der Waals surface area contributed by atoms with Crippen LogP contribution in [0, 0.1) is 0 Å². The fraction of sp³-hybridized carbons (Fsp3) is 0.348. The Hall–Kier alpha value is -2.99. The molecule has 0 saturated carbocycles. The summed E-state index contributed by atoms with van der Waals surface area (Å²) >= 11 is 0. The van der Waals surface area contributed by atoms with Crippen molar-refractivity contribution in [3.05, 3.63) is 65.7 Å². The minimum atomic E-state index is -0.171. The van der Waals surface area contributed by atoms with Gasteiger partial charge in [-0.2, -0.15) is 0 Å². The molecular weight excluding hydrogens is 368 g/mol. The lowest BCUT2D eigenvalue weighted by molar-refractivity contribution is -0.116. The van der Waals surface area contributed by atoms with Crippen molar-refractivity contribution in [1.29, 1.82) is 0 Å². The van der Waals surface area contributed by atoms with E-state index in [1.807, 2.05) is 25.1 Å². The molecule has 0 radical (unpaired) electrons. The lowest BCUT2D eigenvalue weighted by atomic mass is 10.1. The first kappa shape index (κ1) is 20.7. The van der Waals surface area contributed by atoms with Gasteiger partial charge in [-0.1, -0.05) is 36.4 Å². The van der Waals surface area contributed by atoms with Crippen LogP contribution >= 0.6 is 0 Å². The molecule has 6 nitrogen and oxygen atoms in total. The maximum Gasteiger partial charge on any atom is 0.254 e. The maximum absolute atomic E-state index is 12.8. The van der Waals surface area contributed by atoms with Gasteiger partial charge in [-0.3, -0.25) is 14.4 Å². The number of anilines is 1. The van der Waals surface area contributed by atoms with Gasteiger partial charge in [0.1, 0.15) is 0 Å². The summed E-state index contributed by atoms with van der Waals surface area (Å²) in [5.74, 6) is -0.203. The molecule has 29 heavy (non-hydrogen) atoms. The Morgan fingerprint density at radius 2 is 1.79 bits per heavy atom. The Labute approximate surface area is 170 Å². The van der Waals surface area contributed by atoms with E-state index in [1.165, 1.54) is 0 Å². The Balaban J connectivity index is 1.51. The van der Waals surface area contributed by atoms with Gasteiger partial charge in [-0.25, -0.2) is 0 Å². The van der Waals surface area contributed by atoms with E-state index in [1.54, 1.807) is 41.3 Å². The molecule has 152 valence electrons. The Morgan fingerprint density at radius 3 is 2.55 bits per heavy atom. The summed E-state index contributed by atoms with van der Waals surface area (Å²) in [6.45, 7) is 3.59. The molecular formula is C23H26N2O4. The zero-order chi connectivity index (χ0) is 20.6. The normalized spacial score (nSPS) is 16.3. The zero-order valence-corrected chi connectivity index (χ0v) is 16.6. The minimum absolute atomic E-state index is 0.0247. The third-order valence-corrected chi connectivity index (χ3v) is 4.93. The summed E-state index contributed by atoms with van der Waals surface area (Å²) in [5.41, 5.74) is 1.78. The predicted octanol–water partition coefficient (Wildman–Crippen LogP) is 3.54. The van der Waals surface area contributed by atoms with Crippen molar-refractivity contribution in [3.8, 4) is 0 Å². The lowest BCUT2D eigenvalue weighted by Crippen LogP contribution is -2.47. The van der Waals surface area contributed by atoms with Crippen LogP contribution in [0.15, 0.2) is 54.6 Å². The fourth-order valence-electron chi connectivity index (χ4n) is 3.33. The highest BCUT2D eigenvalue weighted by Gasteiger charge is 2.24. The van der Waals surface area contributed by atoms with Crippen LogP contribution in [0.2, 0.25) is 0 Å². The number of amides is 2. The molecule has 2 aromatic rings. The summed E-state index contributed by atoms with van der Waals surface area (Å²) in [6, 6.07) is 16.0. The summed E-state index contributed by atoms with van der Waals surface area (Å²) in [7, 11) is 0. The minimum Gasteiger partial charge on any atom is -0.377 e. The molecule has 0 aromatic heterocycles. The molecule has 6 heteroatoms. The quantitative estimate of drug-likeness (QED) is 0.729. The number of nitrogens with zero attached hydrogens (tertiary/aromatic N) is 1. The molecule has 1 saturated heterocycles. The second kappa shape index (κ2) is 9.98. The SMILES string of the molecule is CC1COCCN1C(=O)c1cccc(NC(=O)CCCC(=O)c2ccccc2)c1. The Bertz CT molecular complexity index is 866. The molecule has 0 aliphatic carbocycles. The van der Waals surface area contributed by atoms with Crippen LogP contribution in [0.1, 0.15) is 46.9 Å². The van der Waals surface area contributed by atoms with Crippen molar-refractivity contribution < 1.29 is 19.1 Å².